The van der Waals surface area contributed by atoms with Crippen LogP contribution >= 0.6 is 0 Å². The van der Waals surface area contributed by atoms with Crippen LogP contribution in [-0.2, 0) is 4.79 Å². The normalized spacial score (nSPS) is 27.6. The van der Waals surface area contributed by atoms with Gasteiger partial charge in [-0.05, 0) is 58.4 Å². The summed E-state index contributed by atoms with van der Waals surface area (Å²) in [5.41, 5.74) is 0. The van der Waals surface area contributed by atoms with Crippen molar-refractivity contribution < 1.29 is 9.90 Å². The Morgan fingerprint density at radius 2 is 1.81 bits per heavy atom. The van der Waals surface area contributed by atoms with Crippen LogP contribution in [0.4, 0.5) is 0 Å². The number of carboxylic acids is 1. The van der Waals surface area contributed by atoms with Crippen molar-refractivity contribution in [3.05, 3.63) is 0 Å². The van der Waals surface area contributed by atoms with Gasteiger partial charge in [-0.15, -0.1) is 0 Å². The van der Waals surface area contributed by atoms with E-state index in [9.17, 15) is 4.79 Å². The van der Waals surface area contributed by atoms with Crippen molar-refractivity contribution in [2.45, 2.75) is 25.7 Å². The van der Waals surface area contributed by atoms with Crippen molar-refractivity contribution >= 4 is 5.97 Å². The molecular weight excluding hydrogens is 204 g/mol. The molecule has 2 heterocycles. The molecule has 0 aromatic carbocycles. The van der Waals surface area contributed by atoms with E-state index < -0.39 is 5.97 Å². The molecule has 0 amide bonds. The minimum atomic E-state index is -0.623. The minimum absolute atomic E-state index is 0.119. The first-order valence-corrected chi connectivity index (χ1v) is 6.43. The molecule has 1 N–H and O–H groups in total. The van der Waals surface area contributed by atoms with E-state index >= 15 is 0 Å². The predicted octanol–water partition coefficient (Wildman–Crippen LogP) is 0.879. The maximum Gasteiger partial charge on any atom is 0.307 e. The lowest BCUT2D eigenvalue weighted by atomic mass is 10.1. The van der Waals surface area contributed by atoms with Gasteiger partial charge in [-0.25, -0.2) is 0 Å². The third-order valence-corrected chi connectivity index (χ3v) is 3.77. The molecule has 16 heavy (non-hydrogen) atoms. The molecule has 2 fully saturated rings. The zero-order valence-corrected chi connectivity index (χ0v) is 9.90. The maximum absolute atomic E-state index is 10.8. The van der Waals surface area contributed by atoms with Crippen molar-refractivity contribution in [1.82, 2.24) is 9.80 Å². The molecule has 0 radical (unpaired) electrons. The number of aliphatic carboxylic acids is 1. The second kappa shape index (κ2) is 5.64. The van der Waals surface area contributed by atoms with Gasteiger partial charge in [-0.1, -0.05) is 0 Å². The first-order chi connectivity index (χ1) is 7.75. The largest absolute Gasteiger partial charge is 0.481 e. The predicted molar refractivity (Wildman–Crippen MR) is 62.5 cm³/mol. The molecule has 0 saturated carbocycles. The highest BCUT2D eigenvalue weighted by Crippen LogP contribution is 2.16. The summed E-state index contributed by atoms with van der Waals surface area (Å²) in [4.78, 5) is 15.6. The average Bonchev–Trinajstić information content (AvgIpc) is 2.87. The van der Waals surface area contributed by atoms with E-state index in [0.29, 0.717) is 0 Å². The van der Waals surface area contributed by atoms with Crippen molar-refractivity contribution in [1.29, 1.82) is 0 Å². The minimum Gasteiger partial charge on any atom is -0.481 e. The van der Waals surface area contributed by atoms with Gasteiger partial charge in [0.15, 0.2) is 0 Å². The number of nitrogens with zero attached hydrogens (tertiary/aromatic N) is 2. The van der Waals surface area contributed by atoms with Crippen LogP contribution in [0.1, 0.15) is 25.7 Å². The number of hydrogen-bond acceptors (Lipinski definition) is 3. The number of hydrogen-bond donors (Lipinski definition) is 1. The van der Waals surface area contributed by atoms with Crippen molar-refractivity contribution in [3.8, 4) is 0 Å². The molecule has 1 unspecified atom stereocenters. The van der Waals surface area contributed by atoms with Gasteiger partial charge in [0.05, 0.1) is 5.92 Å². The van der Waals surface area contributed by atoms with Crippen LogP contribution in [0, 0.1) is 5.92 Å². The Hall–Kier alpha value is -0.610. The summed E-state index contributed by atoms with van der Waals surface area (Å²) in [6.07, 6.45) is 4.72. The van der Waals surface area contributed by atoms with Crippen LogP contribution in [0.2, 0.25) is 0 Å². The van der Waals surface area contributed by atoms with Crippen molar-refractivity contribution in [3.63, 3.8) is 0 Å². The molecule has 0 bridgehead atoms. The summed E-state index contributed by atoms with van der Waals surface area (Å²) in [5, 5.41) is 8.89. The Labute approximate surface area is 97.2 Å². The molecule has 2 aliphatic rings. The molecule has 0 spiro atoms. The summed E-state index contributed by atoms with van der Waals surface area (Å²) in [6, 6.07) is 0. The van der Waals surface area contributed by atoms with Gasteiger partial charge in [0.25, 0.3) is 0 Å². The average molecular weight is 226 g/mol. The SMILES string of the molecule is O=C(O)C1CCN(CCCN2CCCC2)C1. The molecule has 2 saturated heterocycles. The van der Waals surface area contributed by atoms with Crippen LogP contribution in [-0.4, -0.2) is 60.1 Å². The number of likely N-dealkylation sites (tertiary alicyclic amines) is 2. The smallest absolute Gasteiger partial charge is 0.307 e. The van der Waals surface area contributed by atoms with E-state index in [0.717, 1.165) is 26.1 Å². The molecule has 0 aromatic rings. The maximum atomic E-state index is 10.8. The molecule has 4 nitrogen and oxygen atoms in total. The van der Waals surface area contributed by atoms with Gasteiger partial charge in [0.2, 0.25) is 0 Å². The fraction of sp³-hybridized carbons (Fsp3) is 0.917. The second-order valence-corrected chi connectivity index (χ2v) is 5.03. The van der Waals surface area contributed by atoms with Crippen LogP contribution in [0.15, 0.2) is 0 Å². The number of carboxylic acid groups (broad SMARTS) is 1. The highest BCUT2D eigenvalue weighted by molar-refractivity contribution is 5.70. The Balaban J connectivity index is 1.58. The van der Waals surface area contributed by atoms with Crippen molar-refractivity contribution in [2.75, 3.05) is 39.3 Å². The summed E-state index contributed by atoms with van der Waals surface area (Å²) in [6.45, 7) is 6.51. The Bertz CT molecular complexity index is 239. The lowest BCUT2D eigenvalue weighted by molar-refractivity contribution is -0.141. The monoisotopic (exact) mass is 226 g/mol. The Morgan fingerprint density at radius 1 is 1.12 bits per heavy atom. The third-order valence-electron chi connectivity index (χ3n) is 3.77. The van der Waals surface area contributed by atoms with Crippen LogP contribution in [0.5, 0.6) is 0 Å². The zero-order valence-electron chi connectivity index (χ0n) is 9.90. The van der Waals surface area contributed by atoms with Gasteiger partial charge in [0.1, 0.15) is 0 Å². The molecule has 4 heteroatoms. The van der Waals surface area contributed by atoms with Crippen LogP contribution in [0.3, 0.4) is 0 Å². The van der Waals surface area contributed by atoms with Crippen LogP contribution in [0.25, 0.3) is 0 Å². The number of rotatable bonds is 5. The molecule has 2 aliphatic heterocycles. The fourth-order valence-corrected chi connectivity index (χ4v) is 2.76. The summed E-state index contributed by atoms with van der Waals surface area (Å²) >= 11 is 0. The quantitative estimate of drug-likeness (QED) is 0.756. The van der Waals surface area contributed by atoms with Gasteiger partial charge >= 0.3 is 5.97 Å². The van der Waals surface area contributed by atoms with Gasteiger partial charge in [0, 0.05) is 6.54 Å². The fourth-order valence-electron chi connectivity index (χ4n) is 2.76. The topological polar surface area (TPSA) is 43.8 Å². The summed E-state index contributed by atoms with van der Waals surface area (Å²) in [5.74, 6) is -0.742. The van der Waals surface area contributed by atoms with E-state index in [1.165, 1.54) is 38.9 Å². The summed E-state index contributed by atoms with van der Waals surface area (Å²) in [7, 11) is 0. The molecule has 0 aromatic heterocycles. The molecular formula is C12H22N2O2. The third kappa shape index (κ3) is 3.19. The second-order valence-electron chi connectivity index (χ2n) is 5.03. The highest BCUT2D eigenvalue weighted by atomic mass is 16.4. The molecule has 92 valence electrons. The number of carbonyl (C=O) groups is 1. The first kappa shape index (κ1) is 11.9. The Kier molecular flexibility index (Phi) is 4.18. The molecule has 1 atom stereocenters. The van der Waals surface area contributed by atoms with E-state index in [-0.39, 0.29) is 5.92 Å². The summed E-state index contributed by atoms with van der Waals surface area (Å²) < 4.78 is 0. The van der Waals surface area contributed by atoms with Crippen LogP contribution < -0.4 is 0 Å². The lowest BCUT2D eigenvalue weighted by Crippen LogP contribution is -2.28. The molecule has 0 aliphatic carbocycles. The van der Waals surface area contributed by atoms with Gasteiger partial charge in [-0.3, -0.25) is 4.79 Å². The van der Waals surface area contributed by atoms with E-state index in [4.69, 9.17) is 5.11 Å². The highest BCUT2D eigenvalue weighted by Gasteiger charge is 2.27. The lowest BCUT2D eigenvalue weighted by Gasteiger charge is -2.18. The van der Waals surface area contributed by atoms with Gasteiger partial charge in [-0.2, -0.15) is 0 Å². The van der Waals surface area contributed by atoms with E-state index in [2.05, 4.69) is 9.80 Å². The van der Waals surface area contributed by atoms with Crippen molar-refractivity contribution in [2.24, 2.45) is 5.92 Å². The van der Waals surface area contributed by atoms with E-state index in [1.54, 1.807) is 0 Å². The molecule has 2 rings (SSSR count). The zero-order chi connectivity index (χ0) is 11.4. The standard InChI is InChI=1S/C12H22N2O2/c15-12(16)11-4-9-14(10-11)8-3-7-13-5-1-2-6-13/h11H,1-10H2,(H,15,16). The van der Waals surface area contributed by atoms with E-state index in [1.807, 2.05) is 0 Å². The first-order valence-electron chi connectivity index (χ1n) is 6.43. The van der Waals surface area contributed by atoms with Gasteiger partial charge < -0.3 is 14.9 Å². The Morgan fingerprint density at radius 3 is 2.44 bits per heavy atom.